The number of benzene rings is 1. The maximum Gasteiger partial charge on any atom is 0.265 e. The monoisotopic (exact) mass is 364 g/mol. The molecule has 6 heteroatoms. The van der Waals surface area contributed by atoms with Gasteiger partial charge in [-0.1, -0.05) is 0 Å². The first-order chi connectivity index (χ1) is 7.93. The van der Waals surface area contributed by atoms with Crippen LogP contribution in [0, 0.1) is 10.5 Å². The summed E-state index contributed by atoms with van der Waals surface area (Å²) in [5, 5.41) is 0. The molecule has 0 atom stereocenters. The summed E-state index contributed by atoms with van der Waals surface area (Å²) in [7, 11) is -3.44. The van der Waals surface area contributed by atoms with E-state index in [1.54, 1.807) is 13.0 Å². The molecular weight excluding hydrogens is 351 g/mol. The highest BCUT2D eigenvalue weighted by Crippen LogP contribution is 2.23. The second-order valence-corrected chi connectivity index (χ2v) is 6.99. The Balaban J connectivity index is 2.49. The van der Waals surface area contributed by atoms with E-state index in [0.717, 1.165) is 9.13 Å². The van der Waals surface area contributed by atoms with Gasteiger partial charge >= 0.3 is 0 Å². The lowest BCUT2D eigenvalue weighted by Gasteiger charge is -2.19. The molecule has 17 heavy (non-hydrogen) atoms. The van der Waals surface area contributed by atoms with Crippen molar-refractivity contribution in [2.24, 2.45) is 4.99 Å². The van der Waals surface area contributed by atoms with E-state index < -0.39 is 10.0 Å². The first kappa shape index (κ1) is 12.8. The molecule has 1 aromatic carbocycles. The number of nitrogens with zero attached hydrogens (tertiary/aromatic N) is 2. The molecule has 0 aromatic heterocycles. The summed E-state index contributed by atoms with van der Waals surface area (Å²) in [6, 6.07) is 5.34. The van der Waals surface area contributed by atoms with Crippen LogP contribution in [0.25, 0.3) is 0 Å². The Morgan fingerprint density at radius 1 is 1.35 bits per heavy atom. The molecule has 0 spiro atoms. The minimum absolute atomic E-state index is 0.370. The van der Waals surface area contributed by atoms with Crippen molar-refractivity contribution in [1.82, 2.24) is 4.31 Å². The average Bonchev–Trinajstić information content (AvgIpc) is 2.64. The van der Waals surface area contributed by atoms with E-state index >= 15 is 0 Å². The molecule has 0 saturated heterocycles. The number of aryl methyl sites for hydroxylation is 1. The Morgan fingerprint density at radius 2 is 2.06 bits per heavy atom. The van der Waals surface area contributed by atoms with Crippen molar-refractivity contribution in [1.29, 1.82) is 0 Å². The van der Waals surface area contributed by atoms with Crippen LogP contribution in [0.2, 0.25) is 0 Å². The van der Waals surface area contributed by atoms with Gasteiger partial charge in [-0.2, -0.15) is 0 Å². The van der Waals surface area contributed by atoms with Crippen LogP contribution in [0.1, 0.15) is 12.5 Å². The van der Waals surface area contributed by atoms with Crippen molar-refractivity contribution >= 4 is 38.4 Å². The SMILES string of the molecule is CC1=NCCN1S(=O)(=O)c1ccc(I)cc1C. The summed E-state index contributed by atoms with van der Waals surface area (Å²) in [4.78, 5) is 4.49. The normalized spacial score (nSPS) is 16.2. The molecule has 1 aromatic rings. The van der Waals surface area contributed by atoms with Gasteiger partial charge in [0.2, 0.25) is 0 Å². The van der Waals surface area contributed by atoms with Gasteiger partial charge in [0.25, 0.3) is 10.0 Å². The van der Waals surface area contributed by atoms with E-state index in [9.17, 15) is 8.42 Å². The van der Waals surface area contributed by atoms with Gasteiger partial charge in [-0.3, -0.25) is 9.30 Å². The second kappa shape index (κ2) is 4.56. The predicted octanol–water partition coefficient (Wildman–Crippen LogP) is 2.02. The highest BCUT2D eigenvalue weighted by atomic mass is 127. The van der Waals surface area contributed by atoms with Gasteiger partial charge in [-0.25, -0.2) is 8.42 Å². The largest absolute Gasteiger partial charge is 0.270 e. The first-order valence-electron chi connectivity index (χ1n) is 5.23. The third kappa shape index (κ3) is 2.33. The third-order valence-corrected chi connectivity index (χ3v) is 5.42. The molecular formula is C11H13IN2O2S. The Morgan fingerprint density at radius 3 is 2.59 bits per heavy atom. The summed E-state index contributed by atoms with van der Waals surface area (Å²) in [6.07, 6.45) is 0. The molecule has 1 aliphatic heterocycles. The third-order valence-electron chi connectivity index (χ3n) is 2.71. The van der Waals surface area contributed by atoms with Gasteiger partial charge in [-0.05, 0) is 60.2 Å². The van der Waals surface area contributed by atoms with Crippen molar-refractivity contribution in [3.8, 4) is 0 Å². The Bertz CT molecular complexity index is 581. The first-order valence-corrected chi connectivity index (χ1v) is 7.75. The van der Waals surface area contributed by atoms with E-state index in [0.29, 0.717) is 23.8 Å². The molecule has 1 heterocycles. The number of halogens is 1. The Kier molecular flexibility index (Phi) is 3.44. The molecule has 0 saturated carbocycles. The van der Waals surface area contributed by atoms with Crippen molar-refractivity contribution in [2.45, 2.75) is 18.7 Å². The minimum Gasteiger partial charge on any atom is -0.270 e. The lowest BCUT2D eigenvalue weighted by molar-refractivity contribution is 0.536. The van der Waals surface area contributed by atoms with Gasteiger partial charge < -0.3 is 0 Å². The van der Waals surface area contributed by atoms with Crippen LogP contribution in [-0.2, 0) is 10.0 Å². The fourth-order valence-electron chi connectivity index (χ4n) is 1.86. The summed E-state index contributed by atoms with van der Waals surface area (Å²) in [5.41, 5.74) is 0.775. The van der Waals surface area contributed by atoms with Gasteiger partial charge in [0.1, 0.15) is 5.84 Å². The van der Waals surface area contributed by atoms with Crippen LogP contribution in [0.5, 0.6) is 0 Å². The van der Waals surface area contributed by atoms with Crippen LogP contribution in [0.15, 0.2) is 28.1 Å². The zero-order valence-corrected chi connectivity index (χ0v) is 12.6. The summed E-state index contributed by atoms with van der Waals surface area (Å²) >= 11 is 2.17. The van der Waals surface area contributed by atoms with Gasteiger partial charge in [0.05, 0.1) is 18.0 Å². The summed E-state index contributed by atoms with van der Waals surface area (Å²) in [5.74, 6) is 0.572. The smallest absolute Gasteiger partial charge is 0.265 e. The van der Waals surface area contributed by atoms with Crippen LogP contribution < -0.4 is 0 Å². The maximum absolute atomic E-state index is 12.4. The zero-order chi connectivity index (χ0) is 12.6. The van der Waals surface area contributed by atoms with Crippen LogP contribution in [0.4, 0.5) is 0 Å². The van der Waals surface area contributed by atoms with Crippen molar-refractivity contribution < 1.29 is 8.42 Å². The minimum atomic E-state index is -3.44. The number of amidine groups is 1. The van der Waals surface area contributed by atoms with Crippen molar-refractivity contribution in [3.63, 3.8) is 0 Å². The summed E-state index contributed by atoms with van der Waals surface area (Å²) < 4.78 is 27.2. The molecule has 1 aliphatic rings. The van der Waals surface area contributed by atoms with E-state index in [1.807, 2.05) is 19.1 Å². The molecule has 0 aliphatic carbocycles. The second-order valence-electron chi connectivity index (χ2n) is 3.92. The van der Waals surface area contributed by atoms with Crippen LogP contribution in [0.3, 0.4) is 0 Å². The van der Waals surface area contributed by atoms with Gasteiger partial charge in [0.15, 0.2) is 0 Å². The number of hydrogen-bond acceptors (Lipinski definition) is 3. The highest BCUT2D eigenvalue weighted by Gasteiger charge is 2.29. The molecule has 0 unspecified atom stereocenters. The van der Waals surface area contributed by atoms with E-state index in [2.05, 4.69) is 27.6 Å². The highest BCUT2D eigenvalue weighted by molar-refractivity contribution is 14.1. The topological polar surface area (TPSA) is 49.7 Å². The maximum atomic E-state index is 12.4. The molecule has 0 bridgehead atoms. The van der Waals surface area contributed by atoms with Crippen molar-refractivity contribution in [3.05, 3.63) is 27.3 Å². The van der Waals surface area contributed by atoms with Crippen molar-refractivity contribution in [2.75, 3.05) is 13.1 Å². The average molecular weight is 364 g/mol. The number of aliphatic imine (C=N–C) groups is 1. The standard InChI is InChI=1S/C11H13IN2O2S/c1-8-7-10(12)3-4-11(8)17(15,16)14-6-5-13-9(14)2/h3-4,7H,5-6H2,1-2H3. The van der Waals surface area contributed by atoms with Crippen LogP contribution >= 0.6 is 22.6 Å². The molecule has 0 N–H and O–H groups in total. The van der Waals surface area contributed by atoms with Gasteiger partial charge in [-0.15, -0.1) is 0 Å². The lowest BCUT2D eigenvalue weighted by atomic mass is 10.2. The molecule has 0 fully saturated rings. The van der Waals surface area contributed by atoms with E-state index in [4.69, 9.17) is 0 Å². The fourth-order valence-corrected chi connectivity index (χ4v) is 4.18. The molecule has 0 amide bonds. The molecule has 4 nitrogen and oxygen atoms in total. The van der Waals surface area contributed by atoms with Crippen LogP contribution in [-0.4, -0.2) is 31.6 Å². The molecule has 2 rings (SSSR count). The van der Waals surface area contributed by atoms with Gasteiger partial charge in [0, 0.05) is 3.57 Å². The fraction of sp³-hybridized carbons (Fsp3) is 0.364. The Hall–Kier alpha value is -0.630. The predicted molar refractivity (Wildman–Crippen MR) is 75.8 cm³/mol. The molecule has 92 valence electrons. The number of hydrogen-bond donors (Lipinski definition) is 0. The quantitative estimate of drug-likeness (QED) is 0.754. The summed E-state index contributed by atoms with van der Waals surface area (Å²) in [6.45, 7) is 4.54. The van der Waals surface area contributed by atoms with E-state index in [-0.39, 0.29) is 0 Å². The molecule has 0 radical (unpaired) electrons. The number of rotatable bonds is 2. The Labute approximate surface area is 115 Å². The van der Waals surface area contributed by atoms with E-state index in [1.165, 1.54) is 4.31 Å². The number of sulfonamides is 1. The zero-order valence-electron chi connectivity index (χ0n) is 9.64. The lowest BCUT2D eigenvalue weighted by Crippen LogP contribution is -2.33.